The molecule has 6 nitrogen and oxygen atoms in total. The van der Waals surface area contributed by atoms with Crippen LogP contribution in [-0.4, -0.2) is 45.8 Å². The van der Waals surface area contributed by atoms with Crippen molar-refractivity contribution in [2.45, 2.75) is 58.2 Å². The number of hydrogen-bond acceptors (Lipinski definition) is 6. The van der Waals surface area contributed by atoms with Crippen LogP contribution < -0.4 is 5.19 Å². The van der Waals surface area contributed by atoms with Crippen molar-refractivity contribution in [2.24, 2.45) is 0 Å². The van der Waals surface area contributed by atoms with Gasteiger partial charge in [-0.3, -0.25) is 0 Å². The first kappa shape index (κ1) is 29.1. The van der Waals surface area contributed by atoms with Crippen LogP contribution >= 0.6 is 0 Å². The molecule has 0 fully saturated rings. The largest absolute Gasteiger partial charge is 0.462 e. The fourth-order valence-electron chi connectivity index (χ4n) is 3.70. The summed E-state index contributed by atoms with van der Waals surface area (Å²) in [5.74, 6) is -1.15. The quantitative estimate of drug-likeness (QED) is 0.109. The van der Waals surface area contributed by atoms with Crippen molar-refractivity contribution in [3.8, 4) is 0 Å². The summed E-state index contributed by atoms with van der Waals surface area (Å²) < 4.78 is 16.0. The molecule has 0 spiro atoms. The molecule has 0 heterocycles. The highest BCUT2D eigenvalue weighted by atomic mass is 28.3. The lowest BCUT2D eigenvalue weighted by molar-refractivity contribution is -0.139. The molecule has 186 valence electrons. The molecule has 0 aromatic heterocycles. The first-order chi connectivity index (χ1) is 16.1. The molecule has 0 aliphatic heterocycles. The van der Waals surface area contributed by atoms with E-state index in [1.54, 1.807) is 20.8 Å². The third kappa shape index (κ3) is 10.3. The fraction of sp³-hybridized carbons (Fsp3) is 0.444. The molecule has 0 bridgehead atoms. The first-order valence-electron chi connectivity index (χ1n) is 11.6. The van der Waals surface area contributed by atoms with Crippen LogP contribution in [0, 0.1) is 0 Å². The number of benzene rings is 1. The van der Waals surface area contributed by atoms with Crippen molar-refractivity contribution >= 4 is 31.2 Å². The maximum atomic E-state index is 11.8. The number of carbonyl (C=O) groups is 3. The Bertz CT molecular complexity index is 791. The van der Waals surface area contributed by atoms with Crippen LogP contribution in [0.3, 0.4) is 0 Å². The minimum atomic E-state index is -2.11. The lowest BCUT2D eigenvalue weighted by atomic mass is 10.4. The first-order valence-corrected chi connectivity index (χ1v) is 14.2. The molecule has 0 N–H and O–H groups in total. The molecule has 0 unspecified atom stereocenters. The molecule has 0 saturated carbocycles. The van der Waals surface area contributed by atoms with E-state index in [2.05, 4.69) is 31.9 Å². The van der Waals surface area contributed by atoms with Crippen molar-refractivity contribution in [1.29, 1.82) is 0 Å². The Balaban J connectivity index is 2.95. The van der Waals surface area contributed by atoms with Gasteiger partial charge in [-0.1, -0.05) is 55.3 Å². The Morgan fingerprint density at radius 1 is 0.647 bits per heavy atom. The zero-order valence-corrected chi connectivity index (χ0v) is 21.8. The van der Waals surface area contributed by atoms with Gasteiger partial charge in [-0.05, 0) is 58.2 Å². The molecule has 0 atom stereocenters. The van der Waals surface area contributed by atoms with Gasteiger partial charge in [0.25, 0.3) is 0 Å². The maximum absolute atomic E-state index is 11.8. The second kappa shape index (κ2) is 15.1. The van der Waals surface area contributed by atoms with Crippen molar-refractivity contribution in [1.82, 2.24) is 0 Å². The SMILES string of the molecule is C=C(C)C(=O)OCCC[Si](CCCOC(=O)C(=C)C)(CCCOC(=O)C(=C)C)c1ccccc1. The van der Waals surface area contributed by atoms with Gasteiger partial charge in [-0.2, -0.15) is 0 Å². The molecule has 0 aliphatic rings. The van der Waals surface area contributed by atoms with Gasteiger partial charge in [0.2, 0.25) is 0 Å². The Labute approximate surface area is 204 Å². The van der Waals surface area contributed by atoms with Gasteiger partial charge >= 0.3 is 17.9 Å². The standard InChI is InChI=1S/C27H38O6Si/c1-21(2)25(28)31-15-10-18-34(24-13-8-7-9-14-24,19-11-16-32-26(29)22(3)4)20-12-17-33-27(30)23(5)6/h7-9,13-14H,1,3,5,10-12,15-20H2,2,4,6H3. The monoisotopic (exact) mass is 486 g/mol. The van der Waals surface area contributed by atoms with Crippen LogP contribution in [-0.2, 0) is 28.6 Å². The lowest BCUT2D eigenvalue weighted by Crippen LogP contribution is -2.48. The van der Waals surface area contributed by atoms with Crippen LogP contribution in [0.25, 0.3) is 0 Å². The fourth-order valence-corrected chi connectivity index (χ4v) is 8.67. The molecule has 7 heteroatoms. The molecule has 0 aliphatic carbocycles. The van der Waals surface area contributed by atoms with E-state index in [-0.39, 0.29) is 17.9 Å². The predicted octanol–water partition coefficient (Wildman–Crippen LogP) is 4.87. The highest BCUT2D eigenvalue weighted by Crippen LogP contribution is 2.27. The molecular weight excluding hydrogens is 448 g/mol. The van der Waals surface area contributed by atoms with E-state index >= 15 is 0 Å². The van der Waals surface area contributed by atoms with E-state index in [9.17, 15) is 14.4 Å². The van der Waals surface area contributed by atoms with Gasteiger partial charge in [0.15, 0.2) is 0 Å². The highest BCUT2D eigenvalue weighted by Gasteiger charge is 2.34. The summed E-state index contributed by atoms with van der Waals surface area (Å²) in [6.45, 7) is 16.7. The topological polar surface area (TPSA) is 78.9 Å². The van der Waals surface area contributed by atoms with Crippen molar-refractivity contribution < 1.29 is 28.6 Å². The van der Waals surface area contributed by atoms with Crippen molar-refractivity contribution in [2.75, 3.05) is 19.8 Å². The number of rotatable bonds is 16. The second-order valence-corrected chi connectivity index (χ2v) is 13.3. The Hall–Kier alpha value is -2.93. The van der Waals surface area contributed by atoms with Crippen LogP contribution in [0.4, 0.5) is 0 Å². The molecule has 1 aromatic carbocycles. The van der Waals surface area contributed by atoms with Gasteiger partial charge < -0.3 is 14.2 Å². The molecular formula is C27H38O6Si. The molecule has 0 radical (unpaired) electrons. The summed E-state index contributed by atoms with van der Waals surface area (Å²) >= 11 is 0. The number of hydrogen-bond donors (Lipinski definition) is 0. The van der Waals surface area contributed by atoms with E-state index in [1.807, 2.05) is 18.2 Å². The predicted molar refractivity (Wildman–Crippen MR) is 137 cm³/mol. The van der Waals surface area contributed by atoms with Gasteiger partial charge in [-0.15, -0.1) is 0 Å². The molecule has 0 amide bonds. The highest BCUT2D eigenvalue weighted by molar-refractivity contribution is 6.91. The van der Waals surface area contributed by atoms with Crippen LogP contribution in [0.2, 0.25) is 18.1 Å². The van der Waals surface area contributed by atoms with E-state index in [0.717, 1.165) is 37.4 Å². The van der Waals surface area contributed by atoms with Gasteiger partial charge in [0, 0.05) is 16.7 Å². The summed E-state index contributed by atoms with van der Waals surface area (Å²) in [5, 5.41) is 1.29. The smallest absolute Gasteiger partial charge is 0.333 e. The van der Waals surface area contributed by atoms with Gasteiger partial charge in [0.1, 0.15) is 0 Å². The van der Waals surface area contributed by atoms with Crippen LogP contribution in [0.15, 0.2) is 66.8 Å². The average Bonchev–Trinajstić information content (AvgIpc) is 2.81. The van der Waals surface area contributed by atoms with Crippen molar-refractivity contribution in [3.63, 3.8) is 0 Å². The van der Waals surface area contributed by atoms with E-state index in [4.69, 9.17) is 14.2 Å². The molecule has 34 heavy (non-hydrogen) atoms. The number of carbonyl (C=O) groups excluding carboxylic acids is 3. The molecule has 1 aromatic rings. The average molecular weight is 487 g/mol. The summed E-state index contributed by atoms with van der Waals surface area (Å²) in [7, 11) is -2.11. The zero-order valence-electron chi connectivity index (χ0n) is 20.8. The Morgan fingerprint density at radius 2 is 0.971 bits per heavy atom. The van der Waals surface area contributed by atoms with Crippen molar-refractivity contribution in [3.05, 3.63) is 66.8 Å². The van der Waals surface area contributed by atoms with Crippen LogP contribution in [0.5, 0.6) is 0 Å². The number of ether oxygens (including phenoxy) is 3. The summed E-state index contributed by atoms with van der Waals surface area (Å²) in [4.78, 5) is 35.3. The minimum absolute atomic E-state index is 0.322. The minimum Gasteiger partial charge on any atom is -0.462 e. The third-order valence-corrected chi connectivity index (χ3v) is 11.0. The molecule has 0 saturated heterocycles. The van der Waals surface area contributed by atoms with E-state index in [0.29, 0.717) is 36.5 Å². The van der Waals surface area contributed by atoms with Gasteiger partial charge in [-0.25, -0.2) is 14.4 Å². The molecule has 1 rings (SSSR count). The van der Waals surface area contributed by atoms with Gasteiger partial charge in [0.05, 0.1) is 27.9 Å². The summed E-state index contributed by atoms with van der Waals surface area (Å²) in [6, 6.07) is 13.0. The number of esters is 3. The summed E-state index contributed by atoms with van der Waals surface area (Å²) in [5.41, 5.74) is 1.14. The van der Waals surface area contributed by atoms with E-state index < -0.39 is 8.07 Å². The van der Waals surface area contributed by atoms with E-state index in [1.165, 1.54) is 5.19 Å². The lowest BCUT2D eigenvalue weighted by Gasteiger charge is -2.33. The summed E-state index contributed by atoms with van der Waals surface area (Å²) in [6.07, 6.45) is 2.16. The second-order valence-electron chi connectivity index (χ2n) is 8.71. The Morgan fingerprint density at radius 3 is 1.26 bits per heavy atom. The normalized spacial score (nSPS) is 10.8. The Kier molecular flexibility index (Phi) is 12.9. The van der Waals surface area contributed by atoms with Crippen LogP contribution in [0.1, 0.15) is 40.0 Å². The maximum Gasteiger partial charge on any atom is 0.333 e. The third-order valence-electron chi connectivity index (χ3n) is 5.53. The zero-order chi connectivity index (χ0) is 25.6.